The van der Waals surface area contributed by atoms with E-state index in [9.17, 15) is 4.79 Å². The number of nitrogens with two attached hydrogens (primary N) is 1. The van der Waals surface area contributed by atoms with E-state index in [0.717, 1.165) is 51.1 Å². The van der Waals surface area contributed by atoms with Gasteiger partial charge in [-0.2, -0.15) is 4.98 Å². The molecule has 5 rings (SSSR count). The molecule has 4 atom stereocenters. The Morgan fingerprint density at radius 1 is 1.08 bits per heavy atom. The number of hydrogen-bond acceptors (Lipinski definition) is 10. The van der Waals surface area contributed by atoms with E-state index in [1.807, 2.05) is 4.90 Å². The number of carbonyl (C=O) groups is 1. The molecule has 2 aromatic rings. The van der Waals surface area contributed by atoms with Crippen LogP contribution in [-0.4, -0.2) is 82.3 Å². The van der Waals surface area contributed by atoms with Crippen molar-refractivity contribution in [3.05, 3.63) is 18.2 Å². The first-order chi connectivity index (χ1) is 18.8. The van der Waals surface area contributed by atoms with E-state index in [1.165, 1.54) is 0 Å². The molecule has 0 bridgehead atoms. The Hall–Kier alpha value is -2.95. The first-order valence-electron chi connectivity index (χ1n) is 14.6. The Labute approximate surface area is 231 Å². The van der Waals surface area contributed by atoms with Gasteiger partial charge in [-0.1, -0.05) is 32.9 Å². The molecule has 0 saturated carbocycles. The largest absolute Gasteiger partial charge is 0.490 e. The maximum absolute atomic E-state index is 12.5. The molecular weight excluding hydrogens is 496 g/mol. The minimum absolute atomic E-state index is 0.0117. The second-order valence-corrected chi connectivity index (χ2v) is 12.1. The third kappa shape index (κ3) is 6.45. The van der Waals surface area contributed by atoms with Crippen molar-refractivity contribution in [1.29, 1.82) is 0 Å². The molecular formula is C28H44N8O3. The Balaban J connectivity index is 1.05. The molecule has 3 fully saturated rings. The number of rotatable bonds is 9. The van der Waals surface area contributed by atoms with Crippen LogP contribution >= 0.6 is 0 Å². The van der Waals surface area contributed by atoms with Crippen molar-refractivity contribution in [2.45, 2.75) is 77.8 Å². The maximum Gasteiger partial charge on any atom is 0.324 e. The minimum atomic E-state index is -0.100. The number of anilines is 2. The first-order valence-corrected chi connectivity index (χ1v) is 14.6. The number of hydrogen-bond donors (Lipinski definition) is 1. The normalized spacial score (nSPS) is 25.5. The molecule has 3 saturated heterocycles. The summed E-state index contributed by atoms with van der Waals surface area (Å²) in [5.41, 5.74) is 6.45. The third-order valence-corrected chi connectivity index (χ3v) is 8.71. The molecule has 11 heteroatoms. The van der Waals surface area contributed by atoms with Crippen LogP contribution in [0.3, 0.4) is 0 Å². The van der Waals surface area contributed by atoms with Gasteiger partial charge in [-0.3, -0.25) is 4.79 Å². The lowest BCUT2D eigenvalue weighted by Gasteiger charge is -2.36. The average molecular weight is 541 g/mol. The molecule has 2 N–H and O–H groups in total. The van der Waals surface area contributed by atoms with Crippen molar-refractivity contribution in [3.8, 4) is 5.75 Å². The molecule has 3 aliphatic rings. The summed E-state index contributed by atoms with van der Waals surface area (Å²) in [5.74, 6) is 4.30. The Bertz CT molecular complexity index is 1080. The summed E-state index contributed by atoms with van der Waals surface area (Å²) in [4.78, 5) is 32.4. The van der Waals surface area contributed by atoms with Crippen LogP contribution in [-0.2, 0) is 4.79 Å². The molecule has 3 aliphatic heterocycles. The van der Waals surface area contributed by atoms with Crippen LogP contribution in [0.25, 0.3) is 0 Å². The SMILES string of the molecule is CC(C)c1noc(N2CCC([C@H](C)CCOc3cnc(N4C[C@@H](N)[C@@H](N5C[C@@H](C)CCC5=O)C4)nc3)CC2)n1. The van der Waals surface area contributed by atoms with E-state index in [0.29, 0.717) is 61.6 Å². The van der Waals surface area contributed by atoms with E-state index in [-0.39, 0.29) is 23.9 Å². The quantitative estimate of drug-likeness (QED) is 0.507. The van der Waals surface area contributed by atoms with Crippen molar-refractivity contribution in [1.82, 2.24) is 25.0 Å². The van der Waals surface area contributed by atoms with Crippen LogP contribution in [0.1, 0.15) is 71.5 Å². The van der Waals surface area contributed by atoms with Gasteiger partial charge in [-0.15, -0.1) is 0 Å². The van der Waals surface area contributed by atoms with Crippen molar-refractivity contribution >= 4 is 17.9 Å². The number of amides is 1. The zero-order chi connectivity index (χ0) is 27.5. The van der Waals surface area contributed by atoms with E-state index in [1.54, 1.807) is 12.4 Å². The number of carbonyl (C=O) groups excluding carboxylic acids is 1. The second kappa shape index (κ2) is 12.1. The molecule has 11 nitrogen and oxygen atoms in total. The van der Waals surface area contributed by atoms with E-state index >= 15 is 0 Å². The zero-order valence-corrected chi connectivity index (χ0v) is 23.8. The van der Waals surface area contributed by atoms with Gasteiger partial charge in [0.1, 0.15) is 0 Å². The van der Waals surface area contributed by atoms with Gasteiger partial charge >= 0.3 is 6.01 Å². The Morgan fingerprint density at radius 3 is 2.51 bits per heavy atom. The molecule has 0 spiro atoms. The summed E-state index contributed by atoms with van der Waals surface area (Å²) in [6.45, 7) is 13.3. The summed E-state index contributed by atoms with van der Waals surface area (Å²) in [7, 11) is 0. The number of likely N-dealkylation sites (tertiary alicyclic amines) is 1. The van der Waals surface area contributed by atoms with Gasteiger partial charge in [-0.25, -0.2) is 9.97 Å². The standard InChI is InChI=1S/C28H44N8O3/c1-18(2)26-32-28(39-33-26)34-10-7-21(8-11-34)20(4)9-12-38-22-13-30-27(31-14-22)35-16-23(29)24(17-35)36-15-19(3)5-6-25(36)37/h13-14,18-21,23-24H,5-12,15-17,29H2,1-4H3/t19-,20+,23+,24-/m0/s1. The lowest BCUT2D eigenvalue weighted by Crippen LogP contribution is -2.53. The van der Waals surface area contributed by atoms with Gasteiger partial charge in [0.2, 0.25) is 11.9 Å². The molecule has 2 aromatic heterocycles. The molecule has 39 heavy (non-hydrogen) atoms. The van der Waals surface area contributed by atoms with Crippen molar-refractivity contribution < 1.29 is 14.1 Å². The van der Waals surface area contributed by atoms with Gasteiger partial charge in [0.05, 0.1) is 25.0 Å². The fourth-order valence-electron chi connectivity index (χ4n) is 6.06. The topological polar surface area (TPSA) is 127 Å². The van der Waals surface area contributed by atoms with Gasteiger partial charge < -0.3 is 29.7 Å². The van der Waals surface area contributed by atoms with Crippen LogP contribution < -0.4 is 20.3 Å². The number of aromatic nitrogens is 4. The highest BCUT2D eigenvalue weighted by Gasteiger charge is 2.39. The van der Waals surface area contributed by atoms with E-state index in [2.05, 4.69) is 57.6 Å². The highest BCUT2D eigenvalue weighted by molar-refractivity contribution is 5.77. The minimum Gasteiger partial charge on any atom is -0.490 e. The van der Waals surface area contributed by atoms with Crippen LogP contribution in [0.5, 0.6) is 5.75 Å². The lowest BCUT2D eigenvalue weighted by molar-refractivity contribution is -0.137. The van der Waals surface area contributed by atoms with Gasteiger partial charge in [0, 0.05) is 51.1 Å². The summed E-state index contributed by atoms with van der Waals surface area (Å²) >= 11 is 0. The van der Waals surface area contributed by atoms with E-state index in [4.69, 9.17) is 15.0 Å². The van der Waals surface area contributed by atoms with Crippen LogP contribution in [0, 0.1) is 17.8 Å². The smallest absolute Gasteiger partial charge is 0.324 e. The Kier molecular flexibility index (Phi) is 8.54. The maximum atomic E-state index is 12.5. The van der Waals surface area contributed by atoms with Gasteiger partial charge in [0.15, 0.2) is 11.6 Å². The van der Waals surface area contributed by atoms with Gasteiger partial charge in [0.25, 0.3) is 0 Å². The number of piperidine rings is 2. The van der Waals surface area contributed by atoms with E-state index < -0.39 is 0 Å². The second-order valence-electron chi connectivity index (χ2n) is 12.1. The third-order valence-electron chi connectivity index (χ3n) is 8.71. The fraction of sp³-hybridized carbons (Fsp3) is 0.750. The summed E-state index contributed by atoms with van der Waals surface area (Å²) < 4.78 is 11.5. The van der Waals surface area contributed by atoms with Crippen LogP contribution in [0.2, 0.25) is 0 Å². The zero-order valence-electron chi connectivity index (χ0n) is 23.8. The van der Waals surface area contributed by atoms with Gasteiger partial charge in [-0.05, 0) is 43.4 Å². The predicted octanol–water partition coefficient (Wildman–Crippen LogP) is 3.08. The molecule has 0 aliphatic carbocycles. The molecule has 1 amide bonds. The highest BCUT2D eigenvalue weighted by atomic mass is 16.5. The number of ether oxygens (including phenoxy) is 1. The predicted molar refractivity (Wildman–Crippen MR) is 149 cm³/mol. The highest BCUT2D eigenvalue weighted by Crippen LogP contribution is 2.30. The molecule has 0 unspecified atom stereocenters. The molecule has 214 valence electrons. The van der Waals surface area contributed by atoms with Crippen LogP contribution in [0.15, 0.2) is 16.9 Å². The molecule has 0 aromatic carbocycles. The monoisotopic (exact) mass is 540 g/mol. The summed E-state index contributed by atoms with van der Waals surface area (Å²) in [6.07, 6.45) is 8.27. The van der Waals surface area contributed by atoms with Crippen molar-refractivity contribution in [3.63, 3.8) is 0 Å². The van der Waals surface area contributed by atoms with Crippen LogP contribution in [0.4, 0.5) is 12.0 Å². The summed E-state index contributed by atoms with van der Waals surface area (Å²) in [5, 5.41) is 4.10. The Morgan fingerprint density at radius 2 is 1.82 bits per heavy atom. The summed E-state index contributed by atoms with van der Waals surface area (Å²) in [6, 6.07) is 0.562. The fourth-order valence-corrected chi connectivity index (χ4v) is 6.06. The first kappa shape index (κ1) is 27.6. The number of nitrogens with zero attached hydrogens (tertiary/aromatic N) is 7. The lowest BCUT2D eigenvalue weighted by atomic mass is 9.84. The molecule has 0 radical (unpaired) electrons. The average Bonchev–Trinajstić information content (AvgIpc) is 3.58. The van der Waals surface area contributed by atoms with Crippen molar-refractivity contribution in [2.75, 3.05) is 49.1 Å². The molecule has 5 heterocycles. The van der Waals surface area contributed by atoms with Crippen molar-refractivity contribution in [2.24, 2.45) is 23.5 Å².